The van der Waals surface area contributed by atoms with Crippen LogP contribution in [0.1, 0.15) is 92.9 Å². The van der Waals surface area contributed by atoms with E-state index in [0.717, 1.165) is 31.3 Å². The SMILES string of the molecule is CC(C)=CCC/C(C(=O)[O-])=C1/[C@@H](O)C[C@@]2(C)[C@H]1C[C@@H](O)[C@H]1[C@@]3(C)CC[C@@H](O)[C@@H](C)[C@@H]3CC[C@@]12C.[Na+]. The Morgan fingerprint density at radius 2 is 1.71 bits per heavy atom. The van der Waals surface area contributed by atoms with Crippen molar-refractivity contribution in [3.05, 3.63) is 22.8 Å². The smallest absolute Gasteiger partial charge is 0.545 e. The third kappa shape index (κ3) is 4.44. The van der Waals surface area contributed by atoms with E-state index in [2.05, 4.69) is 27.7 Å². The molecule has 0 saturated heterocycles. The minimum atomic E-state index is -1.19. The van der Waals surface area contributed by atoms with Crippen molar-refractivity contribution in [2.24, 2.45) is 39.9 Å². The van der Waals surface area contributed by atoms with Crippen LogP contribution in [0.3, 0.4) is 0 Å². The van der Waals surface area contributed by atoms with E-state index in [4.69, 9.17) is 0 Å². The van der Waals surface area contributed by atoms with Gasteiger partial charge in [-0.15, -0.1) is 0 Å². The summed E-state index contributed by atoms with van der Waals surface area (Å²) in [6, 6.07) is 0. The van der Waals surface area contributed by atoms with Crippen molar-refractivity contribution in [3.8, 4) is 0 Å². The first kappa shape index (κ1) is 29.4. The van der Waals surface area contributed by atoms with Crippen molar-refractivity contribution in [1.82, 2.24) is 0 Å². The van der Waals surface area contributed by atoms with E-state index in [9.17, 15) is 25.2 Å². The second-order valence-corrected chi connectivity index (χ2v) is 13.0. The van der Waals surface area contributed by atoms with Crippen LogP contribution in [0.25, 0.3) is 0 Å². The minimum absolute atomic E-state index is 0. The third-order valence-electron chi connectivity index (χ3n) is 11.3. The summed E-state index contributed by atoms with van der Waals surface area (Å²) in [7, 11) is 0. The number of hydrogen-bond acceptors (Lipinski definition) is 5. The van der Waals surface area contributed by atoms with Gasteiger partial charge in [-0.3, -0.25) is 0 Å². The number of aliphatic carboxylic acids is 1. The molecule has 10 atom stereocenters. The molecule has 4 rings (SSSR count). The Morgan fingerprint density at radius 3 is 2.31 bits per heavy atom. The molecule has 192 valence electrons. The number of allylic oxidation sites excluding steroid dienone is 2. The number of carbonyl (C=O) groups excluding carboxylic acids is 1. The van der Waals surface area contributed by atoms with Gasteiger partial charge in [0.05, 0.1) is 24.3 Å². The van der Waals surface area contributed by atoms with E-state index >= 15 is 0 Å². The van der Waals surface area contributed by atoms with E-state index < -0.39 is 18.2 Å². The molecule has 0 bridgehead atoms. The molecule has 4 aliphatic rings. The predicted octanol–water partition coefficient (Wildman–Crippen LogP) is 0.765. The molecule has 0 aromatic rings. The molecule has 5 nitrogen and oxygen atoms in total. The van der Waals surface area contributed by atoms with Crippen molar-refractivity contribution in [3.63, 3.8) is 0 Å². The number of carboxylic acid groups (broad SMARTS) is 1. The van der Waals surface area contributed by atoms with Crippen molar-refractivity contribution in [1.29, 1.82) is 0 Å². The summed E-state index contributed by atoms with van der Waals surface area (Å²) in [6.07, 6.45) is 5.95. The topological polar surface area (TPSA) is 101 Å². The largest absolute Gasteiger partial charge is 1.00 e. The minimum Gasteiger partial charge on any atom is -0.545 e. The van der Waals surface area contributed by atoms with Gasteiger partial charge in [0.15, 0.2) is 0 Å². The molecule has 0 aromatic heterocycles. The Balaban J connectivity index is 0.00000342. The molecule has 0 heterocycles. The first-order valence-corrected chi connectivity index (χ1v) is 13.4. The van der Waals surface area contributed by atoms with Gasteiger partial charge in [0.1, 0.15) is 0 Å². The molecule has 6 heteroatoms. The van der Waals surface area contributed by atoms with Crippen molar-refractivity contribution in [2.75, 3.05) is 0 Å². The van der Waals surface area contributed by atoms with Crippen molar-refractivity contribution in [2.45, 2.75) is 111 Å². The van der Waals surface area contributed by atoms with Crippen LogP contribution < -0.4 is 34.7 Å². The fourth-order valence-electron chi connectivity index (χ4n) is 9.50. The third-order valence-corrected chi connectivity index (χ3v) is 11.3. The van der Waals surface area contributed by atoms with Crippen LogP contribution in [0, 0.1) is 39.9 Å². The van der Waals surface area contributed by atoms with Gasteiger partial charge < -0.3 is 25.2 Å². The molecule has 0 aromatic carbocycles. The molecular weight excluding hydrogens is 451 g/mol. The fourth-order valence-corrected chi connectivity index (χ4v) is 9.50. The van der Waals surface area contributed by atoms with Gasteiger partial charge in [0, 0.05) is 0 Å². The number of fused-ring (bicyclic) bond motifs is 5. The maximum Gasteiger partial charge on any atom is 1.00 e. The van der Waals surface area contributed by atoms with Gasteiger partial charge in [0.2, 0.25) is 0 Å². The first-order valence-electron chi connectivity index (χ1n) is 13.4. The molecule has 35 heavy (non-hydrogen) atoms. The summed E-state index contributed by atoms with van der Waals surface area (Å²) in [5.74, 6) is -0.699. The standard InChI is InChI=1S/C29H46O5.Na/c1-16(2)8-7-9-18(26(33)34)24-20-14-22(31)25-27(4)12-11-21(30)17(3)19(27)10-13-28(25,5)29(20,6)15-23(24)32;/h8,17,19-23,25,30-32H,7,9-15H2,1-6H3,(H,33,34);/q;+1/p-1/b24-18-;/t17-,19-,20-,21+,22+,23-,25-,27-,28-,29-;/m0./s1. The summed E-state index contributed by atoms with van der Waals surface area (Å²) < 4.78 is 0. The van der Waals surface area contributed by atoms with Crippen molar-refractivity contribution >= 4 is 5.97 Å². The Morgan fingerprint density at radius 1 is 1.06 bits per heavy atom. The van der Waals surface area contributed by atoms with Gasteiger partial charge in [-0.25, -0.2) is 0 Å². The maximum atomic E-state index is 12.2. The summed E-state index contributed by atoms with van der Waals surface area (Å²) >= 11 is 0. The Bertz CT molecular complexity index is 894. The van der Waals surface area contributed by atoms with E-state index in [1.165, 1.54) is 0 Å². The van der Waals surface area contributed by atoms with Crippen LogP contribution >= 0.6 is 0 Å². The Labute approximate surface area is 233 Å². The molecule has 0 amide bonds. The van der Waals surface area contributed by atoms with E-state index in [1.54, 1.807) is 0 Å². The molecule has 0 aliphatic heterocycles. The zero-order chi connectivity index (χ0) is 25.2. The molecule has 0 unspecified atom stereocenters. The van der Waals surface area contributed by atoms with Crippen LogP contribution in [-0.2, 0) is 4.79 Å². The Hall–Kier alpha value is -0.170. The zero-order valence-corrected chi connectivity index (χ0v) is 24.9. The van der Waals surface area contributed by atoms with Crippen LogP contribution in [0.15, 0.2) is 22.8 Å². The summed E-state index contributed by atoms with van der Waals surface area (Å²) in [4.78, 5) is 12.2. The molecule has 4 saturated carbocycles. The summed E-state index contributed by atoms with van der Waals surface area (Å²) in [5.41, 5.74) is 1.40. The van der Waals surface area contributed by atoms with E-state index in [1.807, 2.05) is 19.9 Å². The molecule has 3 N–H and O–H groups in total. The van der Waals surface area contributed by atoms with E-state index in [0.29, 0.717) is 37.2 Å². The van der Waals surface area contributed by atoms with Gasteiger partial charge >= 0.3 is 29.6 Å². The van der Waals surface area contributed by atoms with Crippen LogP contribution in [-0.4, -0.2) is 39.6 Å². The average molecular weight is 497 g/mol. The Kier molecular flexibility index (Phi) is 8.55. The number of aliphatic hydroxyl groups excluding tert-OH is 3. The van der Waals surface area contributed by atoms with Crippen LogP contribution in [0.5, 0.6) is 0 Å². The molecule has 0 spiro atoms. The van der Waals surface area contributed by atoms with Gasteiger partial charge in [0.25, 0.3) is 0 Å². The van der Waals surface area contributed by atoms with Crippen molar-refractivity contribution < 1.29 is 54.8 Å². The second-order valence-electron chi connectivity index (χ2n) is 13.0. The van der Waals surface area contributed by atoms with Gasteiger partial charge in [-0.2, -0.15) is 0 Å². The zero-order valence-electron chi connectivity index (χ0n) is 22.9. The van der Waals surface area contributed by atoms with Gasteiger partial charge in [-0.05, 0) is 116 Å². The summed E-state index contributed by atoms with van der Waals surface area (Å²) in [5, 5.41) is 45.8. The molecular formula is C29H45NaO5. The number of aliphatic hydroxyl groups is 3. The normalized spacial score (nSPS) is 48.1. The number of hydrogen-bond donors (Lipinski definition) is 3. The van der Waals surface area contributed by atoms with Gasteiger partial charge in [-0.1, -0.05) is 39.3 Å². The fraction of sp³-hybridized carbons (Fsp3) is 0.828. The maximum absolute atomic E-state index is 12.2. The van der Waals surface area contributed by atoms with Crippen LogP contribution in [0.4, 0.5) is 0 Å². The molecule has 4 aliphatic carbocycles. The number of rotatable bonds is 4. The molecule has 4 fully saturated rings. The van der Waals surface area contributed by atoms with Crippen LogP contribution in [0.2, 0.25) is 0 Å². The predicted molar refractivity (Wildman–Crippen MR) is 130 cm³/mol. The number of carbonyl (C=O) groups is 1. The van der Waals surface area contributed by atoms with E-state index in [-0.39, 0.29) is 75.2 Å². The first-order chi connectivity index (χ1) is 15.8. The second kappa shape index (κ2) is 10.2. The quantitative estimate of drug-likeness (QED) is 0.303. The number of carboxylic acids is 1. The summed E-state index contributed by atoms with van der Waals surface area (Å²) in [6.45, 7) is 13.0. The average Bonchev–Trinajstić information content (AvgIpc) is 2.99. The monoisotopic (exact) mass is 496 g/mol. The molecule has 0 radical (unpaired) electrons.